The summed E-state index contributed by atoms with van der Waals surface area (Å²) in [6, 6.07) is 7.06. The number of likely N-dealkylation sites (tertiary alicyclic amines) is 1. The number of aromatic nitrogens is 2. The van der Waals surface area contributed by atoms with E-state index in [9.17, 15) is 9.59 Å². The zero-order valence-electron chi connectivity index (χ0n) is 13.1. The van der Waals surface area contributed by atoms with E-state index in [1.54, 1.807) is 24.4 Å². The minimum Gasteiger partial charge on any atom is -0.478 e. The summed E-state index contributed by atoms with van der Waals surface area (Å²) >= 11 is 0. The molecule has 0 amide bonds. The zero-order valence-corrected chi connectivity index (χ0v) is 13.1. The molecule has 24 heavy (non-hydrogen) atoms. The van der Waals surface area contributed by atoms with Crippen LogP contribution in [0.25, 0.3) is 0 Å². The molecular formula is C17H19N3O4. The lowest BCUT2D eigenvalue weighted by Crippen LogP contribution is -2.34. The fourth-order valence-electron chi connectivity index (χ4n) is 3.25. The van der Waals surface area contributed by atoms with Gasteiger partial charge in [0.25, 0.3) is 0 Å². The maximum Gasteiger partial charge on any atom is 0.354 e. The third kappa shape index (κ3) is 3.46. The average molecular weight is 329 g/mol. The highest BCUT2D eigenvalue weighted by Gasteiger charge is 2.24. The maximum atomic E-state index is 11.2. The molecule has 1 aromatic carbocycles. The van der Waals surface area contributed by atoms with Crippen LogP contribution in [0.15, 0.2) is 30.5 Å². The molecular weight excluding hydrogens is 310 g/mol. The first-order valence-corrected chi connectivity index (χ1v) is 7.85. The van der Waals surface area contributed by atoms with Crippen LogP contribution in [0.5, 0.6) is 0 Å². The summed E-state index contributed by atoms with van der Waals surface area (Å²) in [6.45, 7) is 2.18. The molecule has 0 bridgehead atoms. The van der Waals surface area contributed by atoms with E-state index in [1.807, 2.05) is 6.07 Å². The van der Waals surface area contributed by atoms with Gasteiger partial charge in [0.1, 0.15) is 5.69 Å². The number of nitrogens with one attached hydrogen (secondary N) is 1. The number of hydrogen-bond acceptors (Lipinski definition) is 4. The highest BCUT2D eigenvalue weighted by atomic mass is 16.4. The molecule has 0 saturated carbocycles. The second-order valence-corrected chi connectivity index (χ2v) is 6.08. The first-order chi connectivity index (χ1) is 11.5. The van der Waals surface area contributed by atoms with Gasteiger partial charge in [-0.2, -0.15) is 5.10 Å². The van der Waals surface area contributed by atoms with Crippen LogP contribution in [0.1, 0.15) is 50.7 Å². The van der Waals surface area contributed by atoms with Crippen LogP contribution >= 0.6 is 0 Å². The van der Waals surface area contributed by atoms with E-state index < -0.39 is 11.9 Å². The van der Waals surface area contributed by atoms with Gasteiger partial charge in [-0.25, -0.2) is 9.59 Å². The van der Waals surface area contributed by atoms with E-state index in [4.69, 9.17) is 10.2 Å². The zero-order chi connectivity index (χ0) is 17.1. The fraction of sp³-hybridized carbons (Fsp3) is 0.353. The molecule has 2 heterocycles. The van der Waals surface area contributed by atoms with Crippen molar-refractivity contribution in [1.29, 1.82) is 0 Å². The van der Waals surface area contributed by atoms with Crippen molar-refractivity contribution in [2.24, 2.45) is 0 Å². The summed E-state index contributed by atoms with van der Waals surface area (Å²) in [5.74, 6) is -1.68. The highest BCUT2D eigenvalue weighted by Crippen LogP contribution is 2.28. The number of piperidine rings is 1. The quantitative estimate of drug-likeness (QED) is 0.776. The Morgan fingerprint density at radius 2 is 2.12 bits per heavy atom. The number of aromatic amines is 1. The molecule has 1 fully saturated rings. The SMILES string of the molecule is O=C(O)c1cccc(C2CCCN(Cc3cn[nH]c3C(=O)O)C2)c1. The van der Waals surface area contributed by atoms with Crippen molar-refractivity contribution in [3.63, 3.8) is 0 Å². The predicted octanol–water partition coefficient (Wildman–Crippen LogP) is 2.19. The van der Waals surface area contributed by atoms with Crippen molar-refractivity contribution in [3.8, 4) is 0 Å². The van der Waals surface area contributed by atoms with Gasteiger partial charge in [-0.05, 0) is 43.0 Å². The van der Waals surface area contributed by atoms with Gasteiger partial charge in [-0.3, -0.25) is 10.00 Å². The number of carbonyl (C=O) groups is 2. The number of carboxylic acid groups (broad SMARTS) is 2. The predicted molar refractivity (Wildman–Crippen MR) is 86.2 cm³/mol. The summed E-state index contributed by atoms with van der Waals surface area (Å²) in [7, 11) is 0. The van der Waals surface area contributed by atoms with Gasteiger partial charge in [0.15, 0.2) is 0 Å². The summed E-state index contributed by atoms with van der Waals surface area (Å²) in [4.78, 5) is 24.5. The number of rotatable bonds is 5. The number of H-pyrrole nitrogens is 1. The molecule has 7 nitrogen and oxygen atoms in total. The van der Waals surface area contributed by atoms with E-state index in [2.05, 4.69) is 15.1 Å². The molecule has 1 unspecified atom stereocenters. The smallest absolute Gasteiger partial charge is 0.354 e. The summed E-state index contributed by atoms with van der Waals surface area (Å²) in [5, 5.41) is 24.6. The third-order valence-corrected chi connectivity index (χ3v) is 4.44. The van der Waals surface area contributed by atoms with Crippen LogP contribution < -0.4 is 0 Å². The van der Waals surface area contributed by atoms with Gasteiger partial charge in [0.05, 0.1) is 11.8 Å². The van der Waals surface area contributed by atoms with Gasteiger partial charge >= 0.3 is 11.9 Å². The fourth-order valence-corrected chi connectivity index (χ4v) is 3.25. The first kappa shape index (κ1) is 16.2. The van der Waals surface area contributed by atoms with Gasteiger partial charge in [0.2, 0.25) is 0 Å². The minimum absolute atomic E-state index is 0.130. The molecule has 1 saturated heterocycles. The maximum absolute atomic E-state index is 11.2. The van der Waals surface area contributed by atoms with E-state index >= 15 is 0 Å². The highest BCUT2D eigenvalue weighted by molar-refractivity contribution is 5.88. The molecule has 0 radical (unpaired) electrons. The van der Waals surface area contributed by atoms with Crippen molar-refractivity contribution in [1.82, 2.24) is 15.1 Å². The summed E-state index contributed by atoms with van der Waals surface area (Å²) < 4.78 is 0. The van der Waals surface area contributed by atoms with Crippen molar-refractivity contribution in [2.45, 2.75) is 25.3 Å². The second kappa shape index (κ2) is 6.84. The van der Waals surface area contributed by atoms with Gasteiger partial charge in [0, 0.05) is 18.7 Å². The van der Waals surface area contributed by atoms with Crippen LogP contribution in [0.4, 0.5) is 0 Å². The molecule has 126 valence electrons. The van der Waals surface area contributed by atoms with Crippen molar-refractivity contribution in [2.75, 3.05) is 13.1 Å². The monoisotopic (exact) mass is 329 g/mol. The lowest BCUT2D eigenvalue weighted by atomic mass is 9.89. The first-order valence-electron chi connectivity index (χ1n) is 7.85. The molecule has 2 aromatic rings. The molecule has 7 heteroatoms. The molecule has 3 rings (SSSR count). The Morgan fingerprint density at radius 3 is 2.88 bits per heavy atom. The van der Waals surface area contributed by atoms with E-state index in [1.165, 1.54) is 0 Å². The van der Waals surface area contributed by atoms with Crippen LogP contribution in [-0.4, -0.2) is 50.3 Å². The van der Waals surface area contributed by atoms with Crippen LogP contribution in [-0.2, 0) is 6.54 Å². The van der Waals surface area contributed by atoms with Crippen LogP contribution in [0, 0.1) is 0 Å². The summed E-state index contributed by atoms with van der Waals surface area (Å²) in [5.41, 5.74) is 2.12. The number of carboxylic acids is 2. The second-order valence-electron chi connectivity index (χ2n) is 6.08. The number of nitrogens with zero attached hydrogens (tertiary/aromatic N) is 2. The van der Waals surface area contributed by atoms with Crippen molar-refractivity contribution in [3.05, 3.63) is 52.8 Å². The number of aromatic carboxylic acids is 2. The Kier molecular flexibility index (Phi) is 4.61. The van der Waals surface area contributed by atoms with Gasteiger partial charge < -0.3 is 10.2 Å². The number of benzene rings is 1. The van der Waals surface area contributed by atoms with Crippen molar-refractivity contribution >= 4 is 11.9 Å². The van der Waals surface area contributed by atoms with E-state index in [0.717, 1.165) is 31.5 Å². The Morgan fingerprint density at radius 1 is 1.29 bits per heavy atom. The topological polar surface area (TPSA) is 107 Å². The van der Waals surface area contributed by atoms with Crippen LogP contribution in [0.2, 0.25) is 0 Å². The third-order valence-electron chi connectivity index (χ3n) is 4.44. The Balaban J connectivity index is 1.72. The lowest BCUT2D eigenvalue weighted by molar-refractivity contribution is 0.0680. The average Bonchev–Trinajstić information content (AvgIpc) is 3.03. The molecule has 1 aromatic heterocycles. The van der Waals surface area contributed by atoms with Gasteiger partial charge in [-0.1, -0.05) is 12.1 Å². The lowest BCUT2D eigenvalue weighted by Gasteiger charge is -2.33. The Hall–Kier alpha value is -2.67. The largest absolute Gasteiger partial charge is 0.478 e. The Labute approximate surface area is 138 Å². The molecule has 1 atom stereocenters. The van der Waals surface area contributed by atoms with Crippen LogP contribution in [0.3, 0.4) is 0 Å². The standard InChI is InChI=1S/C17H19N3O4/c21-16(22)12-4-1-3-11(7-12)13-5-2-6-20(9-13)10-14-8-18-19-15(14)17(23)24/h1,3-4,7-8,13H,2,5-6,9-10H2,(H,18,19)(H,21,22)(H,23,24). The molecule has 0 spiro atoms. The molecule has 1 aliphatic rings. The van der Waals surface area contributed by atoms with E-state index in [-0.39, 0.29) is 11.6 Å². The molecule has 0 aliphatic carbocycles. The summed E-state index contributed by atoms with van der Waals surface area (Å²) in [6.07, 6.45) is 3.54. The molecule has 1 aliphatic heterocycles. The normalized spacial score (nSPS) is 18.4. The van der Waals surface area contributed by atoms with E-state index in [0.29, 0.717) is 17.7 Å². The minimum atomic E-state index is -1.01. The van der Waals surface area contributed by atoms with Crippen molar-refractivity contribution < 1.29 is 19.8 Å². The van der Waals surface area contributed by atoms with Gasteiger partial charge in [-0.15, -0.1) is 0 Å². The number of hydrogen-bond donors (Lipinski definition) is 3. The molecule has 3 N–H and O–H groups in total. The Bertz CT molecular complexity index is 756.